The normalized spacial score (nSPS) is 10.9. The fourth-order valence-corrected chi connectivity index (χ4v) is 3.16. The van der Waals surface area contributed by atoms with Crippen molar-refractivity contribution < 1.29 is 13.9 Å². The largest absolute Gasteiger partial charge is 0.497 e. The van der Waals surface area contributed by atoms with Crippen LogP contribution in [-0.4, -0.2) is 33.7 Å². The first-order valence-electron chi connectivity index (χ1n) is 9.33. The lowest BCUT2D eigenvalue weighted by Gasteiger charge is -2.08. The number of carbonyl (C=O) groups is 1. The van der Waals surface area contributed by atoms with Crippen molar-refractivity contribution in [3.05, 3.63) is 88.7 Å². The predicted octanol–water partition coefficient (Wildman–Crippen LogP) is 2.74. The highest BCUT2D eigenvalue weighted by Crippen LogP contribution is 2.23. The third-order valence-corrected chi connectivity index (χ3v) is 4.73. The van der Waals surface area contributed by atoms with E-state index in [1.807, 2.05) is 24.3 Å². The summed E-state index contributed by atoms with van der Waals surface area (Å²) in [6, 6.07) is 14.9. The van der Waals surface area contributed by atoms with Gasteiger partial charge >= 0.3 is 0 Å². The second kappa shape index (κ2) is 8.20. The lowest BCUT2D eigenvalue weighted by Crippen LogP contribution is -2.31. The highest BCUT2D eigenvalue weighted by molar-refractivity contribution is 5.94. The summed E-state index contributed by atoms with van der Waals surface area (Å²) in [6.45, 7) is 0.426. The van der Waals surface area contributed by atoms with Crippen molar-refractivity contribution >= 4 is 11.4 Å². The molecule has 8 heteroatoms. The summed E-state index contributed by atoms with van der Waals surface area (Å²) >= 11 is 0. The van der Waals surface area contributed by atoms with E-state index < -0.39 is 11.7 Å². The van der Waals surface area contributed by atoms with E-state index in [1.54, 1.807) is 31.6 Å². The van der Waals surface area contributed by atoms with Gasteiger partial charge in [0, 0.05) is 31.0 Å². The number of halogens is 1. The first-order valence-corrected chi connectivity index (χ1v) is 9.33. The Bertz CT molecular complexity index is 1280. The van der Waals surface area contributed by atoms with Gasteiger partial charge in [0.1, 0.15) is 17.1 Å². The van der Waals surface area contributed by atoms with Crippen molar-refractivity contribution in [2.24, 2.45) is 0 Å². The number of methoxy groups -OCH3 is 1. The van der Waals surface area contributed by atoms with Crippen LogP contribution in [0.25, 0.3) is 16.8 Å². The first kappa shape index (κ1) is 19.4. The number of hydrogen-bond acceptors (Lipinski definition) is 4. The number of aromatic nitrogens is 3. The second-order valence-electron chi connectivity index (χ2n) is 6.62. The maximum Gasteiger partial charge on any atom is 0.276 e. The SMILES string of the molecule is COc1cccc(-c2cc3c(=O)n(CCNC(=O)c4ccccc4F)ccn3n2)c1. The van der Waals surface area contributed by atoms with Crippen molar-refractivity contribution in [1.29, 1.82) is 0 Å². The lowest BCUT2D eigenvalue weighted by atomic mass is 10.1. The minimum absolute atomic E-state index is 0.0287. The molecule has 2 aromatic carbocycles. The second-order valence-corrected chi connectivity index (χ2v) is 6.62. The number of ether oxygens (including phenoxy) is 1. The van der Waals surface area contributed by atoms with Crippen molar-refractivity contribution in [3.8, 4) is 17.0 Å². The molecule has 4 aromatic rings. The maximum absolute atomic E-state index is 13.7. The van der Waals surface area contributed by atoms with E-state index in [0.717, 1.165) is 5.56 Å². The van der Waals surface area contributed by atoms with Crippen LogP contribution >= 0.6 is 0 Å². The van der Waals surface area contributed by atoms with Crippen LogP contribution in [0.5, 0.6) is 5.75 Å². The highest BCUT2D eigenvalue weighted by Gasteiger charge is 2.12. The quantitative estimate of drug-likeness (QED) is 0.534. The Morgan fingerprint density at radius 3 is 2.77 bits per heavy atom. The summed E-state index contributed by atoms with van der Waals surface area (Å²) in [7, 11) is 1.59. The average Bonchev–Trinajstić information content (AvgIpc) is 3.21. The van der Waals surface area contributed by atoms with Gasteiger partial charge in [0.2, 0.25) is 0 Å². The number of rotatable bonds is 6. The topological polar surface area (TPSA) is 77.6 Å². The van der Waals surface area contributed by atoms with Gasteiger partial charge in [-0.2, -0.15) is 5.10 Å². The van der Waals surface area contributed by atoms with Crippen LogP contribution in [0.1, 0.15) is 10.4 Å². The molecule has 0 aliphatic heterocycles. The average molecular weight is 406 g/mol. The van der Waals surface area contributed by atoms with Gasteiger partial charge in [-0.3, -0.25) is 9.59 Å². The van der Waals surface area contributed by atoms with Crippen molar-refractivity contribution in [3.63, 3.8) is 0 Å². The van der Waals surface area contributed by atoms with Gasteiger partial charge in [-0.15, -0.1) is 0 Å². The standard InChI is InChI=1S/C22H19FN4O3/c1-30-16-6-4-5-15(13-16)19-14-20-22(29)26(11-12-27(20)25-19)10-9-24-21(28)17-7-2-3-8-18(17)23/h2-8,11-14H,9-10H2,1H3,(H,24,28). The molecule has 0 fully saturated rings. The number of fused-ring (bicyclic) bond motifs is 1. The molecule has 0 spiro atoms. The van der Waals surface area contributed by atoms with Crippen LogP contribution in [-0.2, 0) is 6.54 Å². The van der Waals surface area contributed by atoms with Crippen LogP contribution in [0, 0.1) is 5.82 Å². The van der Waals surface area contributed by atoms with Crippen LogP contribution < -0.4 is 15.6 Å². The Balaban J connectivity index is 1.51. The number of benzene rings is 2. The fraction of sp³-hybridized carbons (Fsp3) is 0.136. The number of carbonyl (C=O) groups excluding carboxylic acids is 1. The minimum Gasteiger partial charge on any atom is -0.497 e. The van der Waals surface area contributed by atoms with Crippen LogP contribution in [0.3, 0.4) is 0 Å². The predicted molar refractivity (Wildman–Crippen MR) is 110 cm³/mol. The molecule has 0 bridgehead atoms. The number of amides is 1. The smallest absolute Gasteiger partial charge is 0.276 e. The molecule has 7 nitrogen and oxygen atoms in total. The zero-order valence-corrected chi connectivity index (χ0v) is 16.2. The summed E-state index contributed by atoms with van der Waals surface area (Å²) in [4.78, 5) is 24.9. The molecule has 4 rings (SSSR count). The summed E-state index contributed by atoms with van der Waals surface area (Å²) < 4.78 is 21.9. The van der Waals surface area contributed by atoms with Gasteiger partial charge < -0.3 is 14.6 Å². The molecule has 0 aliphatic rings. The summed E-state index contributed by atoms with van der Waals surface area (Å²) in [5.74, 6) is -0.405. The molecular formula is C22H19FN4O3. The minimum atomic E-state index is -0.585. The van der Waals surface area contributed by atoms with E-state index in [1.165, 1.54) is 27.3 Å². The summed E-state index contributed by atoms with van der Waals surface area (Å²) in [6.07, 6.45) is 3.28. The van der Waals surface area contributed by atoms with Crippen molar-refractivity contribution in [2.75, 3.05) is 13.7 Å². The monoisotopic (exact) mass is 406 g/mol. The zero-order chi connectivity index (χ0) is 21.1. The highest BCUT2D eigenvalue weighted by atomic mass is 19.1. The molecule has 0 radical (unpaired) electrons. The molecule has 1 amide bonds. The molecule has 152 valence electrons. The Morgan fingerprint density at radius 1 is 1.13 bits per heavy atom. The molecule has 0 saturated heterocycles. The van der Waals surface area contributed by atoms with E-state index in [-0.39, 0.29) is 24.2 Å². The molecule has 1 N–H and O–H groups in total. The van der Waals surface area contributed by atoms with Gasteiger partial charge in [0.15, 0.2) is 0 Å². The van der Waals surface area contributed by atoms with Gasteiger partial charge in [0.25, 0.3) is 11.5 Å². The third-order valence-electron chi connectivity index (χ3n) is 4.73. The number of nitrogens with one attached hydrogen (secondary N) is 1. The van der Waals surface area contributed by atoms with E-state index in [9.17, 15) is 14.0 Å². The Morgan fingerprint density at radius 2 is 1.97 bits per heavy atom. The molecule has 2 aromatic heterocycles. The molecule has 0 saturated carbocycles. The number of hydrogen-bond donors (Lipinski definition) is 1. The summed E-state index contributed by atoms with van der Waals surface area (Å²) in [5.41, 5.74) is 1.63. The molecule has 0 aliphatic carbocycles. The third kappa shape index (κ3) is 3.80. The van der Waals surface area contributed by atoms with Crippen LogP contribution in [0.4, 0.5) is 4.39 Å². The van der Waals surface area contributed by atoms with Crippen molar-refractivity contribution in [1.82, 2.24) is 19.5 Å². The molecular weight excluding hydrogens is 387 g/mol. The Kier molecular flexibility index (Phi) is 5.30. The van der Waals surface area contributed by atoms with E-state index in [4.69, 9.17) is 4.74 Å². The van der Waals surface area contributed by atoms with Gasteiger partial charge in [0.05, 0.1) is 18.4 Å². The number of nitrogens with zero attached hydrogens (tertiary/aromatic N) is 3. The van der Waals surface area contributed by atoms with E-state index in [0.29, 0.717) is 17.0 Å². The molecule has 0 atom stereocenters. The van der Waals surface area contributed by atoms with Crippen LogP contribution in [0.15, 0.2) is 71.8 Å². The maximum atomic E-state index is 13.7. The van der Waals surface area contributed by atoms with Gasteiger partial charge in [-0.1, -0.05) is 24.3 Å². The Hall–Kier alpha value is -3.94. The molecule has 30 heavy (non-hydrogen) atoms. The summed E-state index contributed by atoms with van der Waals surface area (Å²) in [5, 5.41) is 7.09. The molecule has 2 heterocycles. The Labute approximate surface area is 171 Å². The van der Waals surface area contributed by atoms with E-state index in [2.05, 4.69) is 10.4 Å². The lowest BCUT2D eigenvalue weighted by molar-refractivity contribution is 0.0948. The zero-order valence-electron chi connectivity index (χ0n) is 16.2. The van der Waals surface area contributed by atoms with E-state index >= 15 is 0 Å². The van der Waals surface area contributed by atoms with Crippen molar-refractivity contribution in [2.45, 2.75) is 6.54 Å². The van der Waals surface area contributed by atoms with Gasteiger partial charge in [-0.05, 0) is 30.3 Å². The molecule has 0 unspecified atom stereocenters. The van der Waals surface area contributed by atoms with Crippen LogP contribution in [0.2, 0.25) is 0 Å². The van der Waals surface area contributed by atoms with Gasteiger partial charge in [-0.25, -0.2) is 8.91 Å². The first-order chi connectivity index (χ1) is 14.6. The fourth-order valence-electron chi connectivity index (χ4n) is 3.16.